The zero-order valence-electron chi connectivity index (χ0n) is 26.3. The summed E-state index contributed by atoms with van der Waals surface area (Å²) in [6.45, 7) is 10.2. The van der Waals surface area contributed by atoms with Gasteiger partial charge in [-0.05, 0) is 130 Å². The number of carbonyl (C=O) groups is 1. The van der Waals surface area contributed by atoms with Crippen LogP contribution in [0.3, 0.4) is 0 Å². The van der Waals surface area contributed by atoms with E-state index in [1.807, 2.05) is 7.11 Å². The van der Waals surface area contributed by atoms with Gasteiger partial charge in [0.15, 0.2) is 0 Å². The van der Waals surface area contributed by atoms with Crippen molar-refractivity contribution in [2.45, 2.75) is 123 Å². The topological polar surface area (TPSA) is 70.0 Å². The molecule has 1 aromatic carbocycles. The molecule has 0 spiro atoms. The second kappa shape index (κ2) is 11.2. The third kappa shape index (κ3) is 4.72. The van der Waals surface area contributed by atoms with Gasteiger partial charge in [-0.25, -0.2) is 0 Å². The number of carbonyl (C=O) groups excluding carboxylic acids is 1. The van der Waals surface area contributed by atoms with Crippen LogP contribution in [-0.4, -0.2) is 48.1 Å². The van der Waals surface area contributed by atoms with Crippen LogP contribution in [0.4, 0.5) is 5.69 Å². The van der Waals surface area contributed by atoms with E-state index < -0.39 is 0 Å². The van der Waals surface area contributed by atoms with Crippen molar-refractivity contribution in [1.29, 1.82) is 0 Å². The first-order valence-electron chi connectivity index (χ1n) is 16.9. The smallest absolute Gasteiger partial charge is 0.226 e. The van der Waals surface area contributed by atoms with E-state index in [2.05, 4.69) is 50.8 Å². The number of aliphatic hydroxyl groups excluding tert-OH is 2. The monoisotopic (exact) mass is 565 g/mol. The molecule has 5 aliphatic rings. The highest BCUT2D eigenvalue weighted by molar-refractivity contribution is 5.94. The van der Waals surface area contributed by atoms with Crippen LogP contribution in [0.25, 0.3) is 0 Å². The van der Waals surface area contributed by atoms with E-state index in [1.165, 1.54) is 17.5 Å². The van der Waals surface area contributed by atoms with Gasteiger partial charge >= 0.3 is 0 Å². The van der Waals surface area contributed by atoms with E-state index in [9.17, 15) is 15.0 Å². The van der Waals surface area contributed by atoms with Crippen molar-refractivity contribution >= 4 is 11.6 Å². The molecule has 2 N–H and O–H groups in total. The lowest BCUT2D eigenvalue weighted by Gasteiger charge is -2.64. The molecule has 0 unspecified atom stereocenters. The Kier molecular flexibility index (Phi) is 8.13. The molecule has 1 aromatic rings. The Balaban J connectivity index is 1.21. The first-order valence-corrected chi connectivity index (χ1v) is 16.9. The predicted molar refractivity (Wildman–Crippen MR) is 164 cm³/mol. The zero-order valence-corrected chi connectivity index (χ0v) is 26.3. The number of methoxy groups -OCH3 is 1. The van der Waals surface area contributed by atoms with Gasteiger partial charge in [0.1, 0.15) is 0 Å². The van der Waals surface area contributed by atoms with Crippen LogP contribution >= 0.6 is 0 Å². The lowest BCUT2D eigenvalue weighted by molar-refractivity contribution is -0.218. The molecule has 1 aliphatic heterocycles. The standard InChI is InChI=1S/C36H55NO4/c1-6-36-27(23(3)10-14-33(40)37-17-7-8-24-18-22(2)9-13-30(24)37)11-12-28(36)34-29(21-32(36)41-5)35(4)16-15-26(38)19-25(35)20-31(34)39/h9,13,18,23,25-29,31-32,34,38-39H,6-8,10-12,14-17,19-21H2,1-5H3/t23-,25+,26-,27-,28+,29+,31-,32+,34+,35+,36-/m1/s1. The van der Waals surface area contributed by atoms with E-state index in [1.54, 1.807) is 0 Å². The van der Waals surface area contributed by atoms with Crippen molar-refractivity contribution < 1.29 is 19.7 Å². The minimum absolute atomic E-state index is 0.0615. The number of hydrogen-bond acceptors (Lipinski definition) is 4. The molecule has 6 rings (SSSR count). The molecule has 4 aliphatic carbocycles. The number of amides is 1. The number of nitrogens with zero attached hydrogens (tertiary/aromatic N) is 1. The molecule has 5 heteroatoms. The average molecular weight is 566 g/mol. The summed E-state index contributed by atoms with van der Waals surface area (Å²) >= 11 is 0. The number of fused-ring (bicyclic) bond motifs is 6. The number of rotatable bonds is 6. The lowest BCUT2D eigenvalue weighted by Crippen LogP contribution is -2.63. The molecule has 11 atom stereocenters. The van der Waals surface area contributed by atoms with Crippen LogP contribution in [0.2, 0.25) is 0 Å². The molecule has 4 saturated carbocycles. The Hall–Kier alpha value is -1.43. The molecule has 0 radical (unpaired) electrons. The van der Waals surface area contributed by atoms with E-state index in [0.29, 0.717) is 41.9 Å². The summed E-state index contributed by atoms with van der Waals surface area (Å²) in [6, 6.07) is 6.53. The summed E-state index contributed by atoms with van der Waals surface area (Å²) in [5.74, 6) is 2.88. The largest absolute Gasteiger partial charge is 0.393 e. The SMILES string of the molecule is CC[C@]12[C@@H](OC)C[C@H]3[C@@H]([C@H](O)C[C@@H]4C[C@H](O)CC[C@@]43C)[C@@H]1CC[C@@H]2[C@H](C)CCC(=O)N1CCCc2cc(C)ccc21. The second-order valence-corrected chi connectivity index (χ2v) is 15.1. The number of aryl methyl sites for hydroxylation is 2. The molecule has 0 bridgehead atoms. The van der Waals surface area contributed by atoms with Gasteiger partial charge in [-0.1, -0.05) is 38.5 Å². The molecular formula is C36H55NO4. The van der Waals surface area contributed by atoms with Gasteiger partial charge in [-0.3, -0.25) is 4.79 Å². The van der Waals surface area contributed by atoms with E-state index in [4.69, 9.17) is 4.74 Å². The molecule has 5 nitrogen and oxygen atoms in total. The van der Waals surface area contributed by atoms with Gasteiger partial charge in [0.2, 0.25) is 5.91 Å². The van der Waals surface area contributed by atoms with Crippen molar-refractivity contribution in [3.05, 3.63) is 29.3 Å². The number of anilines is 1. The quantitative estimate of drug-likeness (QED) is 0.403. The predicted octanol–water partition coefficient (Wildman–Crippen LogP) is 6.70. The van der Waals surface area contributed by atoms with Crippen LogP contribution in [0.15, 0.2) is 18.2 Å². The Labute approximate surface area is 248 Å². The summed E-state index contributed by atoms with van der Waals surface area (Å²) in [6.07, 6.45) is 11.4. The highest BCUT2D eigenvalue weighted by Gasteiger charge is 2.67. The highest BCUT2D eigenvalue weighted by atomic mass is 16.5. The van der Waals surface area contributed by atoms with Gasteiger partial charge in [-0.15, -0.1) is 0 Å². The molecule has 0 aromatic heterocycles. The fraction of sp³-hybridized carbons (Fsp3) is 0.806. The lowest BCUT2D eigenvalue weighted by atomic mass is 9.42. The maximum absolute atomic E-state index is 13.6. The number of aliphatic hydroxyl groups is 2. The van der Waals surface area contributed by atoms with Gasteiger partial charge in [0, 0.05) is 31.2 Å². The first kappa shape index (κ1) is 29.6. The third-order valence-electron chi connectivity index (χ3n) is 13.5. The summed E-state index contributed by atoms with van der Waals surface area (Å²) in [5, 5.41) is 22.2. The summed E-state index contributed by atoms with van der Waals surface area (Å²) < 4.78 is 6.47. The van der Waals surface area contributed by atoms with Crippen molar-refractivity contribution in [3.8, 4) is 0 Å². The van der Waals surface area contributed by atoms with Gasteiger partial charge < -0.3 is 19.8 Å². The molecule has 4 fully saturated rings. The highest BCUT2D eigenvalue weighted by Crippen LogP contribution is 2.69. The van der Waals surface area contributed by atoms with Gasteiger partial charge in [0.25, 0.3) is 0 Å². The van der Waals surface area contributed by atoms with Crippen LogP contribution in [0.5, 0.6) is 0 Å². The van der Waals surface area contributed by atoms with Crippen LogP contribution in [0, 0.1) is 53.3 Å². The minimum atomic E-state index is -0.282. The fourth-order valence-corrected chi connectivity index (χ4v) is 11.6. The molecule has 0 saturated heterocycles. The summed E-state index contributed by atoms with van der Waals surface area (Å²) in [4.78, 5) is 15.6. The molecule has 228 valence electrons. The maximum atomic E-state index is 13.6. The Bertz CT molecular complexity index is 1120. The normalized spacial score (nSPS) is 42.6. The number of benzene rings is 1. The molecular weight excluding hydrogens is 510 g/mol. The summed E-state index contributed by atoms with van der Waals surface area (Å²) in [7, 11) is 1.92. The molecule has 1 amide bonds. The minimum Gasteiger partial charge on any atom is -0.393 e. The Morgan fingerprint density at radius 2 is 1.95 bits per heavy atom. The number of ether oxygens (including phenoxy) is 1. The average Bonchev–Trinajstić information content (AvgIpc) is 3.36. The van der Waals surface area contributed by atoms with Crippen molar-refractivity contribution in [2.24, 2.45) is 46.3 Å². The van der Waals surface area contributed by atoms with Crippen LogP contribution in [0.1, 0.15) is 103 Å². The van der Waals surface area contributed by atoms with Crippen LogP contribution in [-0.2, 0) is 16.0 Å². The van der Waals surface area contributed by atoms with E-state index >= 15 is 0 Å². The molecule has 41 heavy (non-hydrogen) atoms. The fourth-order valence-electron chi connectivity index (χ4n) is 11.6. The van der Waals surface area contributed by atoms with Crippen molar-refractivity contribution in [3.63, 3.8) is 0 Å². The maximum Gasteiger partial charge on any atom is 0.226 e. The number of hydrogen-bond donors (Lipinski definition) is 2. The summed E-state index contributed by atoms with van der Waals surface area (Å²) in [5.41, 5.74) is 3.95. The Morgan fingerprint density at radius 1 is 1.15 bits per heavy atom. The van der Waals surface area contributed by atoms with Gasteiger partial charge in [-0.2, -0.15) is 0 Å². The first-order chi connectivity index (χ1) is 19.6. The van der Waals surface area contributed by atoms with Crippen molar-refractivity contribution in [2.75, 3.05) is 18.6 Å². The Morgan fingerprint density at radius 3 is 2.71 bits per heavy atom. The van der Waals surface area contributed by atoms with Crippen molar-refractivity contribution in [1.82, 2.24) is 0 Å². The van der Waals surface area contributed by atoms with E-state index in [0.717, 1.165) is 76.4 Å². The second-order valence-electron chi connectivity index (χ2n) is 15.1. The third-order valence-corrected chi connectivity index (χ3v) is 13.5. The van der Waals surface area contributed by atoms with E-state index in [-0.39, 0.29) is 35.0 Å². The van der Waals surface area contributed by atoms with Crippen LogP contribution < -0.4 is 4.90 Å². The zero-order chi connectivity index (χ0) is 29.1. The molecule has 1 heterocycles. The van der Waals surface area contributed by atoms with Gasteiger partial charge in [0.05, 0.1) is 18.3 Å².